The Labute approximate surface area is 312 Å². The number of carbonyl (C=O) groups excluding carboxylic acids is 2. The summed E-state index contributed by atoms with van der Waals surface area (Å²) in [6.45, 7) is 13.1. The van der Waals surface area contributed by atoms with E-state index in [1.165, 1.54) is 103 Å². The van der Waals surface area contributed by atoms with E-state index in [0.29, 0.717) is 13.2 Å². The molecule has 6 heteroatoms. The molecule has 1 N–H and O–H groups in total. The number of rotatable bonds is 40. The number of esters is 2. The second-order valence-corrected chi connectivity index (χ2v) is 15.2. The van der Waals surface area contributed by atoms with Gasteiger partial charge in [0.2, 0.25) is 0 Å². The van der Waals surface area contributed by atoms with Crippen LogP contribution in [0.25, 0.3) is 0 Å². The molecule has 0 aromatic carbocycles. The third-order valence-corrected chi connectivity index (χ3v) is 10.4. The van der Waals surface area contributed by atoms with E-state index in [4.69, 9.17) is 9.47 Å². The van der Waals surface area contributed by atoms with E-state index in [2.05, 4.69) is 32.6 Å². The van der Waals surface area contributed by atoms with E-state index >= 15 is 0 Å². The minimum atomic E-state index is 0.0274. The van der Waals surface area contributed by atoms with Gasteiger partial charge in [-0.25, -0.2) is 0 Å². The lowest BCUT2D eigenvalue weighted by Gasteiger charge is -2.22. The predicted molar refractivity (Wildman–Crippen MR) is 214 cm³/mol. The molecule has 0 radical (unpaired) electrons. The number of hydrogen-bond acceptors (Lipinski definition) is 6. The van der Waals surface area contributed by atoms with Gasteiger partial charge in [0, 0.05) is 6.61 Å². The Morgan fingerprint density at radius 1 is 0.420 bits per heavy atom. The zero-order chi connectivity index (χ0) is 36.8. The Kier molecular flexibility index (Phi) is 38.2. The van der Waals surface area contributed by atoms with Crippen molar-refractivity contribution in [2.45, 2.75) is 220 Å². The smallest absolute Gasteiger partial charge is 0.308 e. The maximum Gasteiger partial charge on any atom is 0.308 e. The van der Waals surface area contributed by atoms with Gasteiger partial charge in [-0.1, -0.05) is 156 Å². The highest BCUT2D eigenvalue weighted by molar-refractivity contribution is 5.72. The van der Waals surface area contributed by atoms with E-state index in [1.54, 1.807) is 0 Å². The molecule has 2 atom stereocenters. The average molecular weight is 710 g/mol. The Morgan fingerprint density at radius 3 is 1.06 bits per heavy atom. The molecule has 0 spiro atoms. The number of nitrogens with zero attached hydrogens (tertiary/aromatic N) is 1. The third-order valence-electron chi connectivity index (χ3n) is 10.4. The predicted octanol–water partition coefficient (Wildman–Crippen LogP) is 12.4. The van der Waals surface area contributed by atoms with E-state index in [0.717, 1.165) is 110 Å². The van der Waals surface area contributed by atoms with Crippen LogP contribution in [-0.2, 0) is 19.1 Å². The monoisotopic (exact) mass is 710 g/mol. The summed E-state index contributed by atoms with van der Waals surface area (Å²) in [7, 11) is 0. The van der Waals surface area contributed by atoms with Crippen LogP contribution in [0, 0.1) is 11.8 Å². The number of aliphatic hydroxyl groups excluding tert-OH is 1. The summed E-state index contributed by atoms with van der Waals surface area (Å²) < 4.78 is 11.7. The average Bonchev–Trinajstić information content (AvgIpc) is 3.12. The number of ether oxygens (including phenoxy) is 2. The molecule has 0 saturated heterocycles. The minimum absolute atomic E-state index is 0.0274. The van der Waals surface area contributed by atoms with Crippen LogP contribution in [0.5, 0.6) is 0 Å². The highest BCUT2D eigenvalue weighted by Crippen LogP contribution is 2.22. The molecule has 0 aliphatic carbocycles. The highest BCUT2D eigenvalue weighted by atomic mass is 16.5. The summed E-state index contributed by atoms with van der Waals surface area (Å²) in [6, 6.07) is 0. The molecule has 0 bridgehead atoms. The van der Waals surface area contributed by atoms with Gasteiger partial charge in [0.15, 0.2) is 0 Å². The van der Waals surface area contributed by atoms with Gasteiger partial charge in [-0.15, -0.1) is 0 Å². The molecule has 0 aromatic heterocycles. The standard InChI is InChI=1S/C44H87NO5/c1-5-9-13-17-19-23-33-41(31-21-15-11-7-3)43(47)49-39-29-26-36-45(35-25-28-38-46)37-27-30-40-50-44(48)42(32-22-16-12-8-4)34-24-20-18-14-10-6-2/h41-42,46H,5-40H2,1-4H3. The van der Waals surface area contributed by atoms with Crippen molar-refractivity contribution in [2.75, 3.05) is 39.5 Å². The van der Waals surface area contributed by atoms with E-state index < -0.39 is 0 Å². The van der Waals surface area contributed by atoms with Crippen molar-refractivity contribution >= 4 is 11.9 Å². The van der Waals surface area contributed by atoms with Crippen molar-refractivity contribution in [3.8, 4) is 0 Å². The van der Waals surface area contributed by atoms with Crippen LogP contribution < -0.4 is 0 Å². The molecule has 0 rings (SSSR count). The number of hydrogen-bond donors (Lipinski definition) is 1. The fourth-order valence-electron chi connectivity index (χ4n) is 6.98. The Bertz CT molecular complexity index is 663. The van der Waals surface area contributed by atoms with Crippen molar-refractivity contribution in [3.63, 3.8) is 0 Å². The van der Waals surface area contributed by atoms with Crippen LogP contribution in [0.3, 0.4) is 0 Å². The molecule has 0 amide bonds. The molecule has 0 aliphatic heterocycles. The minimum Gasteiger partial charge on any atom is -0.465 e. The molecule has 0 aliphatic rings. The third kappa shape index (κ3) is 31.6. The Morgan fingerprint density at radius 2 is 0.720 bits per heavy atom. The van der Waals surface area contributed by atoms with Crippen LogP contribution in [0.2, 0.25) is 0 Å². The molecule has 2 unspecified atom stereocenters. The summed E-state index contributed by atoms with van der Waals surface area (Å²) in [5.41, 5.74) is 0. The lowest BCUT2D eigenvalue weighted by molar-refractivity contribution is -0.150. The van der Waals surface area contributed by atoms with Gasteiger partial charge in [-0.05, 0) is 83.8 Å². The van der Waals surface area contributed by atoms with Crippen molar-refractivity contribution in [2.24, 2.45) is 11.8 Å². The zero-order valence-corrected chi connectivity index (χ0v) is 34.1. The molecule has 6 nitrogen and oxygen atoms in total. The van der Waals surface area contributed by atoms with Crippen LogP contribution in [0.15, 0.2) is 0 Å². The first-order valence-electron chi connectivity index (χ1n) is 22.2. The van der Waals surface area contributed by atoms with Gasteiger partial charge in [-0.3, -0.25) is 9.59 Å². The quantitative estimate of drug-likeness (QED) is 0.0504. The molecule has 298 valence electrons. The number of unbranched alkanes of at least 4 members (excludes halogenated alkanes) is 19. The second kappa shape index (κ2) is 39.1. The van der Waals surface area contributed by atoms with E-state index in [1.807, 2.05) is 0 Å². The summed E-state index contributed by atoms with van der Waals surface area (Å²) in [5, 5.41) is 9.32. The summed E-state index contributed by atoms with van der Waals surface area (Å²) in [6.07, 6.45) is 34.2. The molecule has 0 saturated carbocycles. The maximum atomic E-state index is 13.0. The summed E-state index contributed by atoms with van der Waals surface area (Å²) in [5.74, 6) is 0.183. The summed E-state index contributed by atoms with van der Waals surface area (Å²) >= 11 is 0. The molecule has 50 heavy (non-hydrogen) atoms. The van der Waals surface area contributed by atoms with Gasteiger partial charge >= 0.3 is 11.9 Å². The first-order valence-corrected chi connectivity index (χ1v) is 22.2. The van der Waals surface area contributed by atoms with Crippen LogP contribution in [0.1, 0.15) is 220 Å². The fraction of sp³-hybridized carbons (Fsp3) is 0.955. The topological polar surface area (TPSA) is 76.1 Å². The molecule has 0 aromatic rings. The molecule has 0 fully saturated rings. The van der Waals surface area contributed by atoms with Crippen molar-refractivity contribution in [3.05, 3.63) is 0 Å². The van der Waals surface area contributed by atoms with Gasteiger partial charge < -0.3 is 19.5 Å². The number of aliphatic hydroxyl groups is 1. The van der Waals surface area contributed by atoms with Crippen LogP contribution >= 0.6 is 0 Å². The van der Waals surface area contributed by atoms with Crippen molar-refractivity contribution < 1.29 is 24.2 Å². The normalized spacial score (nSPS) is 12.8. The zero-order valence-electron chi connectivity index (χ0n) is 34.1. The van der Waals surface area contributed by atoms with Gasteiger partial charge in [0.05, 0.1) is 25.0 Å². The van der Waals surface area contributed by atoms with Crippen molar-refractivity contribution in [1.29, 1.82) is 0 Å². The maximum absolute atomic E-state index is 13.0. The van der Waals surface area contributed by atoms with Gasteiger partial charge in [-0.2, -0.15) is 0 Å². The van der Waals surface area contributed by atoms with Crippen LogP contribution in [-0.4, -0.2) is 61.4 Å². The SMILES string of the molecule is CCCCCCCCC(CCCCCC)C(=O)OCCCCN(CCCCO)CCCCOC(=O)C(CCCCCC)CCCCCCCC. The lowest BCUT2D eigenvalue weighted by Crippen LogP contribution is -2.28. The van der Waals surface area contributed by atoms with Gasteiger partial charge in [0.25, 0.3) is 0 Å². The first kappa shape index (κ1) is 48.9. The fourth-order valence-corrected chi connectivity index (χ4v) is 6.98. The van der Waals surface area contributed by atoms with E-state index in [-0.39, 0.29) is 30.4 Å². The van der Waals surface area contributed by atoms with Gasteiger partial charge in [0.1, 0.15) is 0 Å². The number of carbonyl (C=O) groups is 2. The Balaban J connectivity index is 4.57. The largest absolute Gasteiger partial charge is 0.465 e. The first-order chi connectivity index (χ1) is 24.5. The molecular weight excluding hydrogens is 622 g/mol. The van der Waals surface area contributed by atoms with Crippen molar-refractivity contribution in [1.82, 2.24) is 4.90 Å². The van der Waals surface area contributed by atoms with Crippen LogP contribution in [0.4, 0.5) is 0 Å². The summed E-state index contributed by atoms with van der Waals surface area (Å²) in [4.78, 5) is 28.5. The lowest BCUT2D eigenvalue weighted by atomic mass is 9.94. The Hall–Kier alpha value is -1.14. The molecular formula is C44H87NO5. The highest BCUT2D eigenvalue weighted by Gasteiger charge is 2.20. The second-order valence-electron chi connectivity index (χ2n) is 15.2. The molecule has 0 heterocycles. The van der Waals surface area contributed by atoms with E-state index in [9.17, 15) is 14.7 Å².